The van der Waals surface area contributed by atoms with Crippen LogP contribution in [0.5, 0.6) is 0 Å². The van der Waals surface area contributed by atoms with Crippen LogP contribution in [0.3, 0.4) is 0 Å². The largest absolute Gasteiger partial charge is 0.299 e. The standard InChI is InChI=1S/C5H5N3O2/c9-3-7-5-6-2-1-4(10)8-5/h1-3H,(H2,6,7,8,9,10). The average Bonchev–Trinajstić information content (AvgIpc) is 1.88. The average molecular weight is 139 g/mol. The van der Waals surface area contributed by atoms with Gasteiger partial charge in [0.1, 0.15) is 0 Å². The fourth-order valence-electron chi connectivity index (χ4n) is 0.499. The van der Waals surface area contributed by atoms with E-state index in [0.717, 1.165) is 0 Å². The molecule has 1 aromatic heterocycles. The van der Waals surface area contributed by atoms with Crippen LogP contribution < -0.4 is 10.9 Å². The van der Waals surface area contributed by atoms with E-state index < -0.39 is 0 Å². The molecular weight excluding hydrogens is 134 g/mol. The summed E-state index contributed by atoms with van der Waals surface area (Å²) in [5.74, 6) is 0.155. The van der Waals surface area contributed by atoms with Crippen molar-refractivity contribution in [1.29, 1.82) is 0 Å². The maximum absolute atomic E-state index is 10.5. The summed E-state index contributed by atoms with van der Waals surface area (Å²) < 4.78 is 0. The van der Waals surface area contributed by atoms with Crippen LogP contribution in [0.1, 0.15) is 0 Å². The van der Waals surface area contributed by atoms with Crippen LogP contribution in [0.25, 0.3) is 0 Å². The summed E-state index contributed by atoms with van der Waals surface area (Å²) >= 11 is 0. The third kappa shape index (κ3) is 1.41. The van der Waals surface area contributed by atoms with Crippen LogP contribution >= 0.6 is 0 Å². The van der Waals surface area contributed by atoms with E-state index >= 15 is 0 Å². The molecule has 0 fully saturated rings. The lowest BCUT2D eigenvalue weighted by molar-refractivity contribution is -0.105. The lowest BCUT2D eigenvalue weighted by atomic mass is 10.6. The van der Waals surface area contributed by atoms with Crippen molar-refractivity contribution in [2.24, 2.45) is 0 Å². The molecule has 0 aliphatic heterocycles. The summed E-state index contributed by atoms with van der Waals surface area (Å²) in [4.78, 5) is 26.3. The van der Waals surface area contributed by atoms with E-state index in [1.807, 2.05) is 0 Å². The Morgan fingerprint density at radius 3 is 3.10 bits per heavy atom. The fraction of sp³-hybridized carbons (Fsp3) is 0. The third-order valence-electron chi connectivity index (χ3n) is 0.867. The van der Waals surface area contributed by atoms with Gasteiger partial charge in [0.25, 0.3) is 5.56 Å². The van der Waals surface area contributed by atoms with Crippen molar-refractivity contribution < 1.29 is 4.79 Å². The predicted molar refractivity (Wildman–Crippen MR) is 34.5 cm³/mol. The van der Waals surface area contributed by atoms with Crippen LogP contribution in [0.2, 0.25) is 0 Å². The molecule has 0 bridgehead atoms. The third-order valence-corrected chi connectivity index (χ3v) is 0.867. The van der Waals surface area contributed by atoms with Gasteiger partial charge in [0.2, 0.25) is 12.4 Å². The van der Waals surface area contributed by atoms with E-state index in [0.29, 0.717) is 6.41 Å². The Kier molecular flexibility index (Phi) is 1.79. The van der Waals surface area contributed by atoms with Crippen molar-refractivity contribution in [2.75, 3.05) is 5.32 Å². The molecule has 5 heteroatoms. The number of hydrogen-bond acceptors (Lipinski definition) is 3. The molecule has 0 atom stereocenters. The van der Waals surface area contributed by atoms with E-state index in [1.165, 1.54) is 12.3 Å². The summed E-state index contributed by atoms with van der Waals surface area (Å²) in [6.07, 6.45) is 1.75. The second-order valence-corrected chi connectivity index (χ2v) is 1.54. The summed E-state index contributed by atoms with van der Waals surface area (Å²) in [5.41, 5.74) is -0.292. The zero-order chi connectivity index (χ0) is 7.40. The molecule has 0 aromatic carbocycles. The van der Waals surface area contributed by atoms with Gasteiger partial charge in [-0.2, -0.15) is 0 Å². The molecule has 1 aromatic rings. The van der Waals surface area contributed by atoms with Gasteiger partial charge in [-0.1, -0.05) is 0 Å². The normalized spacial score (nSPS) is 8.80. The number of amides is 1. The van der Waals surface area contributed by atoms with Crippen LogP contribution in [0, 0.1) is 0 Å². The highest BCUT2D eigenvalue weighted by Gasteiger charge is 1.88. The van der Waals surface area contributed by atoms with Gasteiger partial charge in [-0.15, -0.1) is 0 Å². The number of H-pyrrole nitrogens is 1. The minimum absolute atomic E-state index is 0.155. The van der Waals surface area contributed by atoms with E-state index in [2.05, 4.69) is 15.3 Å². The van der Waals surface area contributed by atoms with Gasteiger partial charge >= 0.3 is 0 Å². The van der Waals surface area contributed by atoms with Crippen LogP contribution in [0.4, 0.5) is 5.95 Å². The molecule has 0 spiro atoms. The molecule has 0 saturated carbocycles. The molecule has 0 unspecified atom stereocenters. The first kappa shape index (κ1) is 6.47. The monoisotopic (exact) mass is 139 g/mol. The smallest absolute Gasteiger partial charge is 0.252 e. The molecule has 52 valence electrons. The molecule has 0 aliphatic rings. The first-order valence-electron chi connectivity index (χ1n) is 2.58. The molecular formula is C5H5N3O2. The maximum Gasteiger partial charge on any atom is 0.252 e. The topological polar surface area (TPSA) is 74.8 Å². The van der Waals surface area contributed by atoms with E-state index in [9.17, 15) is 9.59 Å². The Labute approximate surface area is 56.1 Å². The van der Waals surface area contributed by atoms with Crippen molar-refractivity contribution in [1.82, 2.24) is 9.97 Å². The quantitative estimate of drug-likeness (QED) is 0.534. The Hall–Kier alpha value is -1.65. The highest BCUT2D eigenvalue weighted by atomic mass is 16.1. The summed E-state index contributed by atoms with van der Waals surface area (Å²) in [6.45, 7) is 0. The molecule has 10 heavy (non-hydrogen) atoms. The van der Waals surface area contributed by atoms with E-state index in [4.69, 9.17) is 0 Å². The Balaban J connectivity index is 2.95. The molecule has 2 N–H and O–H groups in total. The lowest BCUT2D eigenvalue weighted by Crippen LogP contribution is -2.09. The fourth-order valence-corrected chi connectivity index (χ4v) is 0.499. The van der Waals surface area contributed by atoms with Crippen molar-refractivity contribution in [3.8, 4) is 0 Å². The van der Waals surface area contributed by atoms with Gasteiger partial charge in [-0.25, -0.2) is 4.98 Å². The second-order valence-electron chi connectivity index (χ2n) is 1.54. The molecule has 1 amide bonds. The van der Waals surface area contributed by atoms with E-state index in [1.54, 1.807) is 0 Å². The molecule has 5 nitrogen and oxygen atoms in total. The Morgan fingerprint density at radius 2 is 2.50 bits per heavy atom. The molecule has 0 radical (unpaired) electrons. The van der Waals surface area contributed by atoms with Gasteiger partial charge in [0.15, 0.2) is 0 Å². The summed E-state index contributed by atoms with van der Waals surface area (Å²) in [7, 11) is 0. The molecule has 1 heterocycles. The highest BCUT2D eigenvalue weighted by molar-refractivity contribution is 5.66. The number of nitrogens with one attached hydrogen (secondary N) is 2. The number of anilines is 1. The number of carbonyl (C=O) groups excluding carboxylic acids is 1. The van der Waals surface area contributed by atoms with Crippen molar-refractivity contribution in [3.63, 3.8) is 0 Å². The lowest BCUT2D eigenvalue weighted by Gasteiger charge is -1.92. The maximum atomic E-state index is 10.5. The molecule has 0 aliphatic carbocycles. The number of carbonyl (C=O) groups is 1. The minimum atomic E-state index is -0.292. The van der Waals surface area contributed by atoms with Crippen molar-refractivity contribution in [2.45, 2.75) is 0 Å². The van der Waals surface area contributed by atoms with Gasteiger partial charge in [0, 0.05) is 12.3 Å². The van der Waals surface area contributed by atoms with Gasteiger partial charge in [-0.05, 0) is 0 Å². The Morgan fingerprint density at radius 1 is 1.70 bits per heavy atom. The minimum Gasteiger partial charge on any atom is -0.299 e. The van der Waals surface area contributed by atoms with Crippen LogP contribution in [-0.2, 0) is 4.79 Å². The van der Waals surface area contributed by atoms with Crippen LogP contribution in [0.15, 0.2) is 17.1 Å². The predicted octanol–water partition coefficient (Wildman–Crippen LogP) is -0.662. The second kappa shape index (κ2) is 2.77. The SMILES string of the molecule is O=CNc1nccc(=O)[nH]1. The number of hydrogen-bond donors (Lipinski definition) is 2. The van der Waals surface area contributed by atoms with E-state index in [-0.39, 0.29) is 11.5 Å². The number of aromatic amines is 1. The van der Waals surface area contributed by atoms with Crippen molar-refractivity contribution in [3.05, 3.63) is 22.6 Å². The zero-order valence-electron chi connectivity index (χ0n) is 5.00. The number of aromatic nitrogens is 2. The van der Waals surface area contributed by atoms with Gasteiger partial charge < -0.3 is 0 Å². The summed E-state index contributed by atoms with van der Waals surface area (Å²) in [5, 5.41) is 2.20. The summed E-state index contributed by atoms with van der Waals surface area (Å²) in [6, 6.07) is 1.26. The number of nitrogens with zero attached hydrogens (tertiary/aromatic N) is 1. The molecule has 0 saturated heterocycles. The van der Waals surface area contributed by atoms with Crippen LogP contribution in [-0.4, -0.2) is 16.4 Å². The molecule has 1 rings (SSSR count). The van der Waals surface area contributed by atoms with Gasteiger partial charge in [-0.3, -0.25) is 19.9 Å². The Bertz CT molecular complexity index is 280. The van der Waals surface area contributed by atoms with Crippen molar-refractivity contribution >= 4 is 12.4 Å². The highest BCUT2D eigenvalue weighted by Crippen LogP contribution is 1.85. The number of rotatable bonds is 2. The first-order chi connectivity index (χ1) is 4.83. The van der Waals surface area contributed by atoms with Gasteiger partial charge in [0.05, 0.1) is 0 Å². The zero-order valence-corrected chi connectivity index (χ0v) is 5.00. The first-order valence-corrected chi connectivity index (χ1v) is 2.58.